The van der Waals surface area contributed by atoms with Crippen molar-refractivity contribution in [3.8, 4) is 11.5 Å². The van der Waals surface area contributed by atoms with E-state index in [4.69, 9.17) is 32.7 Å². The van der Waals surface area contributed by atoms with E-state index in [1.807, 2.05) is 25.1 Å². The number of carbonyl (C=O) groups excluding carboxylic acids is 1. The van der Waals surface area contributed by atoms with Gasteiger partial charge in [-0.05, 0) is 49.6 Å². The summed E-state index contributed by atoms with van der Waals surface area (Å²) in [6.45, 7) is 3.39. The maximum absolute atomic E-state index is 13.1. The lowest BCUT2D eigenvalue weighted by Gasteiger charge is -2.32. The van der Waals surface area contributed by atoms with E-state index in [2.05, 4.69) is 5.32 Å². The van der Waals surface area contributed by atoms with Crippen LogP contribution in [-0.2, 0) is 20.6 Å². The number of sulfonamides is 1. The number of hydrogen-bond acceptors (Lipinski definition) is 5. The Morgan fingerprint density at radius 2 is 1.85 bits per heavy atom. The number of ether oxygens (including phenoxy) is 2. The number of hydrogen-bond donors (Lipinski definition) is 1. The number of rotatable bonds is 6. The van der Waals surface area contributed by atoms with Crippen molar-refractivity contribution in [2.24, 2.45) is 5.92 Å². The molecule has 0 spiro atoms. The summed E-state index contributed by atoms with van der Waals surface area (Å²) in [5.41, 5.74) is 1.26. The molecule has 1 N–H and O–H groups in total. The van der Waals surface area contributed by atoms with Crippen molar-refractivity contribution in [3.05, 3.63) is 57.6 Å². The van der Waals surface area contributed by atoms with E-state index < -0.39 is 15.9 Å². The first-order valence-electron chi connectivity index (χ1n) is 10.9. The molecule has 0 aliphatic carbocycles. The van der Waals surface area contributed by atoms with Crippen molar-refractivity contribution < 1.29 is 22.7 Å². The Hall–Kier alpha value is -2.00. The van der Waals surface area contributed by atoms with Crippen LogP contribution in [0, 0.1) is 5.92 Å². The maximum atomic E-state index is 13.1. The second-order valence-corrected chi connectivity index (χ2v) is 11.1. The molecule has 0 unspecified atom stereocenters. The molecule has 7 nitrogen and oxygen atoms in total. The molecule has 0 aromatic heterocycles. The van der Waals surface area contributed by atoms with Crippen molar-refractivity contribution in [3.63, 3.8) is 0 Å². The normalized spacial score (nSPS) is 19.7. The van der Waals surface area contributed by atoms with Crippen molar-refractivity contribution in [1.29, 1.82) is 0 Å². The molecular formula is C23H26Cl2N2O5S. The largest absolute Gasteiger partial charge is 0.486 e. The number of carbonyl (C=O) groups is 1. The van der Waals surface area contributed by atoms with Gasteiger partial charge in [-0.15, -0.1) is 0 Å². The zero-order valence-corrected chi connectivity index (χ0v) is 20.5. The van der Waals surface area contributed by atoms with Crippen molar-refractivity contribution in [1.82, 2.24) is 9.62 Å². The molecule has 2 atom stereocenters. The van der Waals surface area contributed by atoms with Gasteiger partial charge in [0.25, 0.3) is 0 Å². The fourth-order valence-corrected chi connectivity index (χ4v) is 6.46. The smallest absolute Gasteiger partial charge is 0.224 e. The summed E-state index contributed by atoms with van der Waals surface area (Å²) in [6, 6.07) is 10.2. The first-order valence-corrected chi connectivity index (χ1v) is 13.2. The molecule has 0 bridgehead atoms. The summed E-state index contributed by atoms with van der Waals surface area (Å²) in [7, 11) is -3.68. The van der Waals surface area contributed by atoms with Crippen LogP contribution in [0.3, 0.4) is 0 Å². The Balaban J connectivity index is 1.41. The topological polar surface area (TPSA) is 84.9 Å². The minimum Gasteiger partial charge on any atom is -0.486 e. The van der Waals surface area contributed by atoms with Crippen molar-refractivity contribution in [2.45, 2.75) is 31.6 Å². The molecule has 1 saturated heterocycles. The Kier molecular flexibility index (Phi) is 7.38. The third-order valence-corrected chi connectivity index (χ3v) is 8.44. The number of nitrogens with one attached hydrogen (secondary N) is 1. The molecule has 1 amide bonds. The van der Waals surface area contributed by atoms with Gasteiger partial charge >= 0.3 is 0 Å². The Morgan fingerprint density at radius 1 is 1.15 bits per heavy atom. The average molecular weight is 513 g/mol. The van der Waals surface area contributed by atoms with E-state index in [9.17, 15) is 13.2 Å². The second kappa shape index (κ2) is 10.1. The first-order chi connectivity index (χ1) is 15.7. The van der Waals surface area contributed by atoms with Gasteiger partial charge in [-0.2, -0.15) is 0 Å². The molecule has 2 heterocycles. The summed E-state index contributed by atoms with van der Waals surface area (Å²) >= 11 is 12.3. The highest BCUT2D eigenvalue weighted by Crippen LogP contribution is 2.33. The SMILES string of the molecule is C[C@@H](NC(=O)[C@@H]1CCCN(S(=O)(=O)Cc2c(Cl)cccc2Cl)C1)c1ccc2c(c1)OCCO2. The van der Waals surface area contributed by atoms with Gasteiger partial charge in [-0.1, -0.05) is 35.3 Å². The van der Waals surface area contributed by atoms with Crippen LogP contribution >= 0.6 is 23.2 Å². The number of halogens is 2. The first kappa shape index (κ1) is 24.1. The van der Waals surface area contributed by atoms with Crippen molar-refractivity contribution >= 4 is 39.1 Å². The summed E-state index contributed by atoms with van der Waals surface area (Å²) in [4.78, 5) is 13.0. The molecular weight excluding hydrogens is 487 g/mol. The molecule has 2 aliphatic heterocycles. The second-order valence-electron chi connectivity index (χ2n) is 8.29. The minimum absolute atomic E-state index is 0.129. The highest BCUT2D eigenvalue weighted by atomic mass is 35.5. The molecule has 33 heavy (non-hydrogen) atoms. The van der Waals surface area contributed by atoms with E-state index in [0.717, 1.165) is 5.56 Å². The summed E-state index contributed by atoms with van der Waals surface area (Å²) in [6.07, 6.45) is 1.23. The van der Waals surface area contributed by atoms with Crippen LogP contribution in [0.25, 0.3) is 0 Å². The van der Waals surface area contributed by atoms with Gasteiger partial charge < -0.3 is 14.8 Å². The van der Waals surface area contributed by atoms with Crippen molar-refractivity contribution in [2.75, 3.05) is 26.3 Å². The van der Waals surface area contributed by atoms with Gasteiger partial charge in [0.1, 0.15) is 13.2 Å². The lowest BCUT2D eigenvalue weighted by Crippen LogP contribution is -2.46. The van der Waals surface area contributed by atoms with Crippen LogP contribution in [-0.4, -0.2) is 44.9 Å². The number of piperidine rings is 1. The number of amides is 1. The highest BCUT2D eigenvalue weighted by molar-refractivity contribution is 7.88. The molecule has 0 saturated carbocycles. The van der Waals surface area contributed by atoms with E-state index in [1.54, 1.807) is 18.2 Å². The zero-order valence-electron chi connectivity index (χ0n) is 18.2. The lowest BCUT2D eigenvalue weighted by atomic mass is 9.97. The molecule has 2 aliphatic rings. The van der Waals surface area contributed by atoms with Crippen LogP contribution in [0.1, 0.15) is 36.9 Å². The van der Waals surface area contributed by atoms with Gasteiger partial charge in [0.2, 0.25) is 15.9 Å². The predicted molar refractivity (Wildman–Crippen MR) is 127 cm³/mol. The number of fused-ring (bicyclic) bond motifs is 1. The highest BCUT2D eigenvalue weighted by Gasteiger charge is 2.33. The third-order valence-electron chi connectivity index (χ3n) is 5.96. The number of nitrogens with zero attached hydrogens (tertiary/aromatic N) is 1. The van der Waals surface area contributed by atoms with E-state index in [-0.39, 0.29) is 24.2 Å². The fraction of sp³-hybridized carbons (Fsp3) is 0.435. The molecule has 10 heteroatoms. The minimum atomic E-state index is -3.68. The molecule has 0 radical (unpaired) electrons. The Labute approximate surface area is 204 Å². The predicted octanol–water partition coefficient (Wildman–Crippen LogP) is 4.18. The van der Waals surface area contributed by atoms with Gasteiger partial charge in [0.05, 0.1) is 17.7 Å². The fourth-order valence-electron chi connectivity index (χ4n) is 4.10. The summed E-state index contributed by atoms with van der Waals surface area (Å²) < 4.78 is 38.7. The van der Waals surface area contributed by atoms with Crippen LogP contribution < -0.4 is 14.8 Å². The maximum Gasteiger partial charge on any atom is 0.224 e. The number of benzene rings is 2. The van der Waals surface area contributed by atoms with Gasteiger partial charge in [0, 0.05) is 28.7 Å². The molecule has 178 valence electrons. The van der Waals surface area contributed by atoms with Crippen LogP contribution in [0.15, 0.2) is 36.4 Å². The lowest BCUT2D eigenvalue weighted by molar-refractivity contribution is -0.126. The van der Waals surface area contributed by atoms with E-state index >= 15 is 0 Å². The summed E-state index contributed by atoms with van der Waals surface area (Å²) in [5, 5.41) is 3.64. The monoisotopic (exact) mass is 512 g/mol. The van der Waals surface area contributed by atoms with Crippen LogP contribution in [0.2, 0.25) is 10.0 Å². The standard InChI is InChI=1S/C23H26Cl2N2O5S/c1-15(16-7-8-21-22(12-16)32-11-10-31-21)26-23(28)17-4-3-9-27(13-17)33(29,30)14-18-19(24)5-2-6-20(18)25/h2,5-8,12,15,17H,3-4,9-11,13-14H2,1H3,(H,26,28)/t15-,17-/m1/s1. The van der Waals surface area contributed by atoms with Crippen LogP contribution in [0.5, 0.6) is 11.5 Å². The van der Waals surface area contributed by atoms with Crippen LogP contribution in [0.4, 0.5) is 0 Å². The molecule has 2 aromatic rings. The zero-order chi connectivity index (χ0) is 23.6. The van der Waals surface area contributed by atoms with Gasteiger partial charge in [0.15, 0.2) is 11.5 Å². The average Bonchev–Trinajstić information content (AvgIpc) is 2.81. The molecule has 4 rings (SSSR count). The van der Waals surface area contributed by atoms with E-state index in [0.29, 0.717) is 59.7 Å². The summed E-state index contributed by atoms with van der Waals surface area (Å²) in [5.74, 6) is 0.444. The molecule has 1 fully saturated rings. The molecule has 2 aromatic carbocycles. The Bertz CT molecular complexity index is 1120. The quantitative estimate of drug-likeness (QED) is 0.627. The van der Waals surface area contributed by atoms with E-state index in [1.165, 1.54) is 4.31 Å². The van der Waals surface area contributed by atoms with Gasteiger partial charge in [-0.3, -0.25) is 4.79 Å². The Morgan fingerprint density at radius 3 is 2.58 bits per heavy atom. The van der Waals surface area contributed by atoms with Gasteiger partial charge in [-0.25, -0.2) is 12.7 Å². The third kappa shape index (κ3) is 5.57.